The maximum Gasteiger partial charge on any atom is 0.144 e. The van der Waals surface area contributed by atoms with Crippen LogP contribution in [0.25, 0.3) is 22.4 Å². The largest absolute Gasteiger partial charge is 0.364 e. The SMILES string of the molecule is C[C@H]1Nc2ccccc2-c2nc3ccccc3n21. The van der Waals surface area contributed by atoms with Gasteiger partial charge in [0.2, 0.25) is 0 Å². The van der Waals surface area contributed by atoms with E-state index in [4.69, 9.17) is 4.98 Å². The Balaban J connectivity index is 2.12. The molecule has 0 unspecified atom stereocenters. The predicted molar refractivity (Wildman–Crippen MR) is 73.5 cm³/mol. The third-order valence-corrected chi connectivity index (χ3v) is 3.52. The summed E-state index contributed by atoms with van der Waals surface area (Å²) in [5.41, 5.74) is 4.57. The first-order valence-corrected chi connectivity index (χ1v) is 6.17. The molecule has 1 N–H and O–H groups in total. The van der Waals surface area contributed by atoms with Gasteiger partial charge in [0.25, 0.3) is 0 Å². The number of hydrogen-bond donors (Lipinski definition) is 1. The normalized spacial score (nSPS) is 17.1. The number of para-hydroxylation sites is 3. The number of benzene rings is 2. The maximum atomic E-state index is 4.77. The zero-order valence-electron chi connectivity index (χ0n) is 10.1. The first-order valence-electron chi connectivity index (χ1n) is 6.17. The summed E-state index contributed by atoms with van der Waals surface area (Å²) in [6.07, 6.45) is 0.224. The van der Waals surface area contributed by atoms with E-state index < -0.39 is 0 Å². The van der Waals surface area contributed by atoms with Gasteiger partial charge in [0.1, 0.15) is 12.0 Å². The summed E-state index contributed by atoms with van der Waals surface area (Å²) in [5, 5.41) is 3.52. The van der Waals surface area contributed by atoms with Gasteiger partial charge < -0.3 is 9.88 Å². The van der Waals surface area contributed by atoms with Gasteiger partial charge in [0, 0.05) is 11.3 Å². The molecule has 18 heavy (non-hydrogen) atoms. The van der Waals surface area contributed by atoms with Gasteiger partial charge >= 0.3 is 0 Å². The van der Waals surface area contributed by atoms with E-state index >= 15 is 0 Å². The molecule has 3 nitrogen and oxygen atoms in total. The molecule has 0 fully saturated rings. The number of anilines is 1. The molecule has 2 aromatic carbocycles. The van der Waals surface area contributed by atoms with Crippen molar-refractivity contribution in [3.8, 4) is 11.4 Å². The van der Waals surface area contributed by atoms with Crippen molar-refractivity contribution < 1.29 is 0 Å². The van der Waals surface area contributed by atoms with Crippen LogP contribution in [0, 0.1) is 0 Å². The first-order chi connectivity index (χ1) is 8.84. The summed E-state index contributed by atoms with van der Waals surface area (Å²) in [7, 11) is 0. The molecular formula is C15H13N3. The molecule has 1 atom stereocenters. The Kier molecular flexibility index (Phi) is 1.81. The highest BCUT2D eigenvalue weighted by Gasteiger charge is 2.23. The molecule has 1 aliphatic heterocycles. The Morgan fingerprint density at radius 3 is 2.78 bits per heavy atom. The second-order valence-electron chi connectivity index (χ2n) is 4.66. The number of aromatic nitrogens is 2. The summed E-state index contributed by atoms with van der Waals surface area (Å²) < 4.78 is 2.26. The van der Waals surface area contributed by atoms with Gasteiger partial charge in [-0.3, -0.25) is 0 Å². The van der Waals surface area contributed by atoms with E-state index in [-0.39, 0.29) is 6.17 Å². The first kappa shape index (κ1) is 9.71. The van der Waals surface area contributed by atoms with Gasteiger partial charge in [0.05, 0.1) is 11.0 Å². The minimum atomic E-state index is 0.224. The average Bonchev–Trinajstić information content (AvgIpc) is 2.79. The van der Waals surface area contributed by atoms with Gasteiger partial charge in [-0.05, 0) is 31.2 Å². The van der Waals surface area contributed by atoms with Crippen LogP contribution in [0.1, 0.15) is 13.1 Å². The minimum Gasteiger partial charge on any atom is -0.364 e. The molecule has 1 aliphatic rings. The van der Waals surface area contributed by atoms with Gasteiger partial charge in [-0.1, -0.05) is 24.3 Å². The van der Waals surface area contributed by atoms with Crippen molar-refractivity contribution in [2.24, 2.45) is 0 Å². The molecule has 0 bridgehead atoms. The van der Waals surface area contributed by atoms with Gasteiger partial charge in [0.15, 0.2) is 0 Å². The van der Waals surface area contributed by atoms with E-state index in [1.165, 1.54) is 11.1 Å². The second kappa shape index (κ2) is 3.35. The van der Waals surface area contributed by atoms with E-state index in [0.29, 0.717) is 0 Å². The molecule has 4 rings (SSSR count). The third kappa shape index (κ3) is 1.16. The Bertz CT molecular complexity index is 742. The third-order valence-electron chi connectivity index (χ3n) is 3.52. The molecule has 88 valence electrons. The van der Waals surface area contributed by atoms with Crippen LogP contribution < -0.4 is 5.32 Å². The fourth-order valence-corrected chi connectivity index (χ4v) is 2.72. The van der Waals surface area contributed by atoms with Crippen molar-refractivity contribution in [3.05, 3.63) is 48.5 Å². The van der Waals surface area contributed by atoms with Crippen molar-refractivity contribution in [2.75, 3.05) is 5.32 Å². The highest BCUT2D eigenvalue weighted by Crippen LogP contribution is 2.37. The van der Waals surface area contributed by atoms with Crippen LogP contribution in [0.4, 0.5) is 5.69 Å². The Hall–Kier alpha value is -2.29. The molecule has 2 heterocycles. The topological polar surface area (TPSA) is 29.9 Å². The van der Waals surface area contributed by atoms with Crippen LogP contribution in [-0.4, -0.2) is 9.55 Å². The molecule has 3 aromatic rings. The molecule has 0 amide bonds. The average molecular weight is 235 g/mol. The van der Waals surface area contributed by atoms with Crippen LogP contribution >= 0.6 is 0 Å². The lowest BCUT2D eigenvalue weighted by Crippen LogP contribution is -2.20. The quantitative estimate of drug-likeness (QED) is 0.644. The lowest BCUT2D eigenvalue weighted by Gasteiger charge is -2.27. The lowest BCUT2D eigenvalue weighted by atomic mass is 10.1. The van der Waals surface area contributed by atoms with E-state index in [9.17, 15) is 0 Å². The number of nitrogens with zero attached hydrogens (tertiary/aromatic N) is 2. The lowest BCUT2D eigenvalue weighted by molar-refractivity contribution is 0.630. The Morgan fingerprint density at radius 2 is 1.83 bits per heavy atom. The van der Waals surface area contributed by atoms with Crippen molar-refractivity contribution in [1.82, 2.24) is 9.55 Å². The fourth-order valence-electron chi connectivity index (χ4n) is 2.72. The highest BCUT2D eigenvalue weighted by atomic mass is 15.2. The van der Waals surface area contributed by atoms with Crippen molar-refractivity contribution >= 4 is 16.7 Å². The molecule has 1 aromatic heterocycles. The minimum absolute atomic E-state index is 0.224. The van der Waals surface area contributed by atoms with E-state index in [2.05, 4.69) is 59.3 Å². The van der Waals surface area contributed by atoms with Crippen molar-refractivity contribution in [2.45, 2.75) is 13.1 Å². The second-order valence-corrected chi connectivity index (χ2v) is 4.66. The van der Waals surface area contributed by atoms with Crippen LogP contribution in [-0.2, 0) is 0 Å². The van der Waals surface area contributed by atoms with Gasteiger partial charge in [-0.2, -0.15) is 0 Å². The monoisotopic (exact) mass is 235 g/mol. The number of nitrogens with one attached hydrogen (secondary N) is 1. The fraction of sp³-hybridized carbons (Fsp3) is 0.133. The van der Waals surface area contributed by atoms with Crippen molar-refractivity contribution in [1.29, 1.82) is 0 Å². The number of imidazole rings is 1. The maximum absolute atomic E-state index is 4.77. The van der Waals surface area contributed by atoms with Crippen LogP contribution in [0.3, 0.4) is 0 Å². The summed E-state index contributed by atoms with van der Waals surface area (Å²) in [4.78, 5) is 4.77. The van der Waals surface area contributed by atoms with Gasteiger partial charge in [-0.25, -0.2) is 4.98 Å². The summed E-state index contributed by atoms with van der Waals surface area (Å²) in [6.45, 7) is 2.16. The summed E-state index contributed by atoms with van der Waals surface area (Å²) in [5.74, 6) is 1.05. The Labute approximate surface area is 105 Å². The molecule has 0 spiro atoms. The Morgan fingerprint density at radius 1 is 1.06 bits per heavy atom. The molecule has 0 saturated carbocycles. The van der Waals surface area contributed by atoms with Crippen molar-refractivity contribution in [3.63, 3.8) is 0 Å². The molecule has 0 saturated heterocycles. The van der Waals surface area contributed by atoms with Crippen LogP contribution in [0.2, 0.25) is 0 Å². The van der Waals surface area contributed by atoms with E-state index in [1.807, 2.05) is 6.07 Å². The zero-order chi connectivity index (χ0) is 12.1. The summed E-state index contributed by atoms with van der Waals surface area (Å²) >= 11 is 0. The summed E-state index contributed by atoms with van der Waals surface area (Å²) in [6, 6.07) is 16.6. The highest BCUT2D eigenvalue weighted by molar-refractivity contribution is 5.86. The van der Waals surface area contributed by atoms with Gasteiger partial charge in [-0.15, -0.1) is 0 Å². The number of rotatable bonds is 0. The van der Waals surface area contributed by atoms with Crippen LogP contribution in [0.15, 0.2) is 48.5 Å². The zero-order valence-corrected chi connectivity index (χ0v) is 10.1. The molecule has 0 aliphatic carbocycles. The number of fused-ring (bicyclic) bond motifs is 5. The van der Waals surface area contributed by atoms with Crippen LogP contribution in [0.5, 0.6) is 0 Å². The molecular weight excluding hydrogens is 222 g/mol. The molecule has 3 heteroatoms. The van der Waals surface area contributed by atoms with E-state index in [1.54, 1.807) is 0 Å². The molecule has 0 radical (unpaired) electrons. The van der Waals surface area contributed by atoms with E-state index in [0.717, 1.165) is 17.0 Å². The number of hydrogen-bond acceptors (Lipinski definition) is 2. The smallest absolute Gasteiger partial charge is 0.144 e. The standard InChI is InChI=1S/C15H13N3/c1-10-16-12-7-3-2-6-11(12)15-17-13-8-4-5-9-14(13)18(10)15/h2-10,16H,1H3/t10-/m0/s1. The predicted octanol–water partition coefficient (Wildman–Crippen LogP) is 3.65.